The maximum Gasteiger partial charge on any atom is 0.240 e. The van der Waals surface area contributed by atoms with E-state index in [1.165, 1.54) is 13.0 Å². The molecule has 7 heteroatoms. The van der Waals surface area contributed by atoms with Crippen LogP contribution in [0.2, 0.25) is 0 Å². The van der Waals surface area contributed by atoms with E-state index in [0.717, 1.165) is 6.07 Å². The number of nitrogens with one attached hydrogen (secondary N) is 1. The molecule has 0 radical (unpaired) electrons. The number of sulfonamides is 1. The minimum absolute atomic E-state index is 0.0219. The van der Waals surface area contributed by atoms with Crippen molar-refractivity contribution >= 4 is 10.0 Å². The summed E-state index contributed by atoms with van der Waals surface area (Å²) in [7, 11) is -2.19. The maximum atomic E-state index is 13.6. The molecule has 0 spiro atoms. The van der Waals surface area contributed by atoms with Gasteiger partial charge < -0.3 is 9.84 Å². The summed E-state index contributed by atoms with van der Waals surface area (Å²) in [6.45, 7) is 3.42. The lowest BCUT2D eigenvalue weighted by molar-refractivity contribution is 0.161. The Balaban J connectivity index is 2.95. The smallest absolute Gasteiger partial charge is 0.240 e. The lowest BCUT2D eigenvalue weighted by Crippen LogP contribution is -2.30. The Morgan fingerprint density at radius 2 is 2.10 bits per heavy atom. The Labute approximate surface area is 118 Å². The molecule has 1 unspecified atom stereocenters. The SMILES string of the molecule is COCC(C)CNS(=O)(=O)c1cc(C)c(F)c(CO)c1. The third-order valence-corrected chi connectivity index (χ3v) is 4.26. The van der Waals surface area contributed by atoms with Crippen LogP contribution in [0.3, 0.4) is 0 Å². The molecule has 2 N–H and O–H groups in total. The van der Waals surface area contributed by atoms with Crippen LogP contribution in [0.1, 0.15) is 18.1 Å². The van der Waals surface area contributed by atoms with Crippen LogP contribution in [0.4, 0.5) is 4.39 Å². The standard InChI is InChI=1S/C13H20FNO4S/c1-9(8-19-3)6-15-20(17,18)12-4-10(2)13(14)11(5-12)7-16/h4-5,9,15-16H,6-8H2,1-3H3. The van der Waals surface area contributed by atoms with Gasteiger partial charge in [-0.15, -0.1) is 0 Å². The summed E-state index contributed by atoms with van der Waals surface area (Å²) in [6.07, 6.45) is 0. The average molecular weight is 305 g/mol. The topological polar surface area (TPSA) is 75.6 Å². The molecule has 0 saturated carbocycles. The molecule has 5 nitrogen and oxygen atoms in total. The van der Waals surface area contributed by atoms with Gasteiger partial charge in [-0.1, -0.05) is 6.92 Å². The van der Waals surface area contributed by atoms with Crippen molar-refractivity contribution in [3.63, 3.8) is 0 Å². The first-order chi connectivity index (χ1) is 9.31. The van der Waals surface area contributed by atoms with Gasteiger partial charge in [-0.25, -0.2) is 17.5 Å². The molecular formula is C13H20FNO4S. The predicted molar refractivity (Wildman–Crippen MR) is 73.3 cm³/mol. The number of ether oxygens (including phenoxy) is 1. The van der Waals surface area contributed by atoms with E-state index in [2.05, 4.69) is 4.72 Å². The van der Waals surface area contributed by atoms with Gasteiger partial charge in [-0.2, -0.15) is 0 Å². The largest absolute Gasteiger partial charge is 0.392 e. The van der Waals surface area contributed by atoms with Crippen LogP contribution in [-0.4, -0.2) is 33.8 Å². The predicted octanol–water partition coefficient (Wildman–Crippen LogP) is 1.19. The van der Waals surface area contributed by atoms with Crippen molar-refractivity contribution in [2.75, 3.05) is 20.3 Å². The lowest BCUT2D eigenvalue weighted by atomic mass is 10.1. The van der Waals surface area contributed by atoms with Crippen molar-refractivity contribution in [3.05, 3.63) is 29.1 Å². The van der Waals surface area contributed by atoms with Crippen LogP contribution in [0.15, 0.2) is 17.0 Å². The third-order valence-electron chi connectivity index (χ3n) is 2.86. The summed E-state index contributed by atoms with van der Waals surface area (Å²) in [5.74, 6) is -0.562. The van der Waals surface area contributed by atoms with Gasteiger partial charge in [-0.3, -0.25) is 0 Å². The van der Waals surface area contributed by atoms with E-state index in [4.69, 9.17) is 9.84 Å². The molecule has 0 aliphatic rings. The van der Waals surface area contributed by atoms with Gasteiger partial charge in [0.25, 0.3) is 0 Å². The molecule has 114 valence electrons. The quantitative estimate of drug-likeness (QED) is 0.793. The zero-order valence-electron chi connectivity index (χ0n) is 11.8. The molecule has 1 atom stereocenters. The highest BCUT2D eigenvalue weighted by Gasteiger charge is 2.18. The number of halogens is 1. The summed E-state index contributed by atoms with van der Waals surface area (Å²) in [6, 6.07) is 2.39. The zero-order valence-corrected chi connectivity index (χ0v) is 12.6. The molecule has 0 fully saturated rings. The summed E-state index contributed by atoms with van der Waals surface area (Å²) in [4.78, 5) is -0.0509. The van der Waals surface area contributed by atoms with Gasteiger partial charge in [0.05, 0.1) is 11.5 Å². The molecule has 0 amide bonds. The fraction of sp³-hybridized carbons (Fsp3) is 0.538. The van der Waals surface area contributed by atoms with Crippen molar-refractivity contribution in [1.29, 1.82) is 0 Å². The van der Waals surface area contributed by atoms with Crippen molar-refractivity contribution in [2.24, 2.45) is 5.92 Å². The molecule has 0 aromatic heterocycles. The number of aliphatic hydroxyl groups is 1. The Kier molecular flexibility index (Phi) is 6.07. The molecule has 1 rings (SSSR count). The van der Waals surface area contributed by atoms with Crippen LogP contribution in [-0.2, 0) is 21.4 Å². The summed E-state index contributed by atoms with van der Waals surface area (Å²) >= 11 is 0. The van der Waals surface area contributed by atoms with Crippen LogP contribution >= 0.6 is 0 Å². The zero-order chi connectivity index (χ0) is 15.3. The van der Waals surface area contributed by atoms with Gasteiger partial charge >= 0.3 is 0 Å². The first-order valence-corrected chi connectivity index (χ1v) is 7.68. The monoisotopic (exact) mass is 305 g/mol. The number of aryl methyl sites for hydroxylation is 1. The molecule has 0 heterocycles. The number of hydrogen-bond acceptors (Lipinski definition) is 4. The molecule has 1 aromatic rings. The summed E-state index contributed by atoms with van der Waals surface area (Å²) in [5.41, 5.74) is 0.150. The summed E-state index contributed by atoms with van der Waals surface area (Å²) < 4.78 is 45.2. The minimum atomic E-state index is -3.73. The first-order valence-electron chi connectivity index (χ1n) is 6.20. The number of aliphatic hydroxyl groups excluding tert-OH is 1. The van der Waals surface area contributed by atoms with E-state index < -0.39 is 22.4 Å². The van der Waals surface area contributed by atoms with Gasteiger partial charge in [0.1, 0.15) is 5.82 Å². The first kappa shape index (κ1) is 17.0. The van der Waals surface area contributed by atoms with Gasteiger partial charge in [0, 0.05) is 25.8 Å². The van der Waals surface area contributed by atoms with Crippen molar-refractivity contribution in [1.82, 2.24) is 4.72 Å². The van der Waals surface area contributed by atoms with Gasteiger partial charge in [0.15, 0.2) is 0 Å². The molecular weight excluding hydrogens is 285 g/mol. The van der Waals surface area contributed by atoms with Crippen LogP contribution in [0.25, 0.3) is 0 Å². The second-order valence-electron chi connectivity index (χ2n) is 4.78. The second-order valence-corrected chi connectivity index (χ2v) is 6.55. The van der Waals surface area contributed by atoms with Gasteiger partial charge in [0.2, 0.25) is 10.0 Å². The molecule has 1 aromatic carbocycles. The number of rotatable bonds is 7. The van der Waals surface area contributed by atoms with Gasteiger partial charge in [-0.05, 0) is 30.5 Å². The molecule has 0 aliphatic carbocycles. The normalized spacial score (nSPS) is 13.4. The Bertz CT molecular complexity index is 560. The Morgan fingerprint density at radius 3 is 2.65 bits per heavy atom. The van der Waals surface area contributed by atoms with E-state index >= 15 is 0 Å². The molecule has 20 heavy (non-hydrogen) atoms. The fourth-order valence-corrected chi connectivity index (χ4v) is 3.06. The van der Waals surface area contributed by atoms with E-state index in [-0.39, 0.29) is 28.5 Å². The highest BCUT2D eigenvalue weighted by molar-refractivity contribution is 7.89. The van der Waals surface area contributed by atoms with E-state index in [1.807, 2.05) is 6.92 Å². The van der Waals surface area contributed by atoms with Crippen LogP contribution < -0.4 is 4.72 Å². The molecule has 0 bridgehead atoms. The minimum Gasteiger partial charge on any atom is -0.392 e. The Morgan fingerprint density at radius 1 is 1.45 bits per heavy atom. The number of methoxy groups -OCH3 is 1. The maximum absolute atomic E-state index is 13.6. The summed E-state index contributed by atoms with van der Waals surface area (Å²) in [5, 5.41) is 9.05. The van der Waals surface area contributed by atoms with Crippen molar-refractivity contribution in [2.45, 2.75) is 25.3 Å². The highest BCUT2D eigenvalue weighted by atomic mass is 32.2. The lowest BCUT2D eigenvalue weighted by Gasteiger charge is -2.13. The Hall–Kier alpha value is -1.02. The fourth-order valence-electron chi connectivity index (χ4n) is 1.76. The number of benzene rings is 1. The second kappa shape index (κ2) is 7.12. The van der Waals surface area contributed by atoms with Crippen molar-refractivity contribution < 1.29 is 22.7 Å². The van der Waals surface area contributed by atoms with E-state index in [9.17, 15) is 12.8 Å². The molecule has 0 saturated heterocycles. The van der Waals surface area contributed by atoms with Crippen LogP contribution in [0, 0.1) is 18.7 Å². The van der Waals surface area contributed by atoms with E-state index in [0.29, 0.717) is 6.61 Å². The number of hydrogen-bond donors (Lipinski definition) is 2. The highest BCUT2D eigenvalue weighted by Crippen LogP contribution is 2.19. The molecule has 0 aliphatic heterocycles. The third kappa shape index (κ3) is 4.24. The van der Waals surface area contributed by atoms with Crippen LogP contribution in [0.5, 0.6) is 0 Å². The average Bonchev–Trinajstić information content (AvgIpc) is 2.39. The van der Waals surface area contributed by atoms with E-state index in [1.54, 1.807) is 7.11 Å². The van der Waals surface area contributed by atoms with Crippen molar-refractivity contribution in [3.8, 4) is 0 Å².